The van der Waals surface area contributed by atoms with Crippen molar-refractivity contribution in [3.63, 3.8) is 0 Å². The average molecular weight is 295 g/mol. The topological polar surface area (TPSA) is 12.0 Å². The van der Waals surface area contributed by atoms with Gasteiger partial charge in [0.15, 0.2) is 0 Å². The van der Waals surface area contributed by atoms with Crippen LogP contribution in [0.25, 0.3) is 0 Å². The van der Waals surface area contributed by atoms with Gasteiger partial charge >= 0.3 is 0 Å². The van der Waals surface area contributed by atoms with E-state index in [0.29, 0.717) is 17.9 Å². The summed E-state index contributed by atoms with van der Waals surface area (Å²) in [6.45, 7) is 7.76. The van der Waals surface area contributed by atoms with Gasteiger partial charge in [0.25, 0.3) is 0 Å². The summed E-state index contributed by atoms with van der Waals surface area (Å²) in [5, 5.41) is 3.54. The largest absolute Gasteiger partial charge is 0.314 e. The predicted octanol–water partition coefficient (Wildman–Crippen LogP) is 4.70. The Morgan fingerprint density at radius 1 is 1.00 bits per heavy atom. The maximum atomic E-state index is 13.1. The Bertz CT molecular complexity index is 437. The lowest BCUT2D eigenvalue weighted by atomic mass is 9.71. The van der Waals surface area contributed by atoms with E-state index >= 15 is 0 Å². The smallest absolute Gasteiger partial charge is 0.126 e. The third-order valence-electron chi connectivity index (χ3n) is 4.72. The number of hydrogen-bond acceptors (Lipinski definition) is 1. The molecule has 0 amide bonds. The molecule has 0 unspecified atom stereocenters. The Balaban J connectivity index is 1.73. The van der Waals surface area contributed by atoms with Crippen molar-refractivity contribution in [3.8, 4) is 0 Å². The van der Waals surface area contributed by atoms with E-state index in [0.717, 1.165) is 24.1 Å². The van der Waals surface area contributed by atoms with E-state index in [1.807, 2.05) is 0 Å². The summed E-state index contributed by atoms with van der Waals surface area (Å²) in [6, 6.07) is 4.31. The molecular weight excluding hydrogens is 268 g/mol. The molecule has 1 N–H and O–H groups in total. The molecule has 0 aliphatic heterocycles. The van der Waals surface area contributed by atoms with Crippen molar-refractivity contribution in [2.24, 2.45) is 11.3 Å². The molecule has 1 aromatic rings. The quantitative estimate of drug-likeness (QED) is 0.849. The molecule has 1 aromatic carbocycles. The second kappa shape index (κ2) is 6.87. The Labute approximate surface area is 127 Å². The Morgan fingerprint density at radius 2 is 1.57 bits per heavy atom. The van der Waals surface area contributed by atoms with Gasteiger partial charge in [0.05, 0.1) is 0 Å². The molecule has 2 rings (SSSR count). The van der Waals surface area contributed by atoms with Gasteiger partial charge in [0.1, 0.15) is 11.6 Å². The fourth-order valence-corrected chi connectivity index (χ4v) is 3.34. The zero-order valence-electron chi connectivity index (χ0n) is 13.4. The first-order chi connectivity index (χ1) is 9.84. The van der Waals surface area contributed by atoms with E-state index in [1.165, 1.54) is 37.8 Å². The van der Waals surface area contributed by atoms with Crippen molar-refractivity contribution in [2.45, 2.75) is 58.9 Å². The van der Waals surface area contributed by atoms with Crippen molar-refractivity contribution in [1.82, 2.24) is 5.32 Å². The van der Waals surface area contributed by atoms with Crippen LogP contribution in [0.15, 0.2) is 18.2 Å². The Hall–Kier alpha value is -0.960. The van der Waals surface area contributed by atoms with Gasteiger partial charge in [-0.1, -0.05) is 20.8 Å². The standard InChI is InChI=1S/C18H27F2N/c1-18(2,3)14-4-6-17(7-5-14)21-9-8-13-10-15(19)12-16(20)11-13/h10-12,14,17,21H,4-9H2,1-3H3. The zero-order chi connectivity index (χ0) is 15.5. The molecule has 0 saturated heterocycles. The zero-order valence-corrected chi connectivity index (χ0v) is 13.4. The molecule has 0 atom stereocenters. The summed E-state index contributed by atoms with van der Waals surface area (Å²) in [6.07, 6.45) is 5.64. The summed E-state index contributed by atoms with van der Waals surface area (Å²) in [5.41, 5.74) is 1.13. The van der Waals surface area contributed by atoms with Crippen LogP contribution in [0.3, 0.4) is 0 Å². The summed E-state index contributed by atoms with van der Waals surface area (Å²) >= 11 is 0. The van der Waals surface area contributed by atoms with Gasteiger partial charge in [0, 0.05) is 12.1 Å². The van der Waals surface area contributed by atoms with Gasteiger partial charge < -0.3 is 5.32 Å². The first kappa shape index (κ1) is 16.4. The fourth-order valence-electron chi connectivity index (χ4n) is 3.34. The molecule has 1 aliphatic carbocycles. The van der Waals surface area contributed by atoms with E-state index < -0.39 is 11.6 Å². The molecule has 1 fully saturated rings. The highest BCUT2D eigenvalue weighted by Crippen LogP contribution is 2.37. The van der Waals surface area contributed by atoms with E-state index in [4.69, 9.17) is 0 Å². The van der Waals surface area contributed by atoms with E-state index in [9.17, 15) is 8.78 Å². The Kier molecular flexibility index (Phi) is 5.37. The maximum absolute atomic E-state index is 13.1. The highest BCUT2D eigenvalue weighted by atomic mass is 19.1. The lowest BCUT2D eigenvalue weighted by Gasteiger charge is -2.37. The SMILES string of the molecule is CC(C)(C)C1CCC(NCCc2cc(F)cc(F)c2)CC1. The molecular formula is C18H27F2N. The minimum atomic E-state index is -0.490. The van der Waals surface area contributed by atoms with Crippen LogP contribution in [0.1, 0.15) is 52.0 Å². The summed E-state index contributed by atoms with van der Waals surface area (Å²) in [7, 11) is 0. The molecule has 1 saturated carbocycles. The lowest BCUT2D eigenvalue weighted by molar-refractivity contribution is 0.160. The fraction of sp³-hybridized carbons (Fsp3) is 0.667. The van der Waals surface area contributed by atoms with Crippen molar-refractivity contribution >= 4 is 0 Å². The van der Waals surface area contributed by atoms with Crippen molar-refractivity contribution in [3.05, 3.63) is 35.4 Å². The highest BCUT2D eigenvalue weighted by Gasteiger charge is 2.29. The molecule has 1 aliphatic rings. The molecule has 0 spiro atoms. The first-order valence-corrected chi connectivity index (χ1v) is 8.03. The van der Waals surface area contributed by atoms with Crippen LogP contribution >= 0.6 is 0 Å². The van der Waals surface area contributed by atoms with Crippen LogP contribution in [-0.4, -0.2) is 12.6 Å². The van der Waals surface area contributed by atoms with Crippen molar-refractivity contribution < 1.29 is 8.78 Å². The van der Waals surface area contributed by atoms with Crippen LogP contribution < -0.4 is 5.32 Å². The first-order valence-electron chi connectivity index (χ1n) is 8.03. The molecule has 1 nitrogen and oxygen atoms in total. The molecule has 21 heavy (non-hydrogen) atoms. The second-order valence-corrected chi connectivity index (χ2v) is 7.40. The van der Waals surface area contributed by atoms with E-state index in [-0.39, 0.29) is 0 Å². The van der Waals surface area contributed by atoms with Gasteiger partial charge in [-0.25, -0.2) is 8.78 Å². The van der Waals surface area contributed by atoms with Gasteiger partial charge in [0.2, 0.25) is 0 Å². The number of hydrogen-bond donors (Lipinski definition) is 1. The second-order valence-electron chi connectivity index (χ2n) is 7.40. The molecule has 118 valence electrons. The van der Waals surface area contributed by atoms with Crippen LogP contribution in [0.5, 0.6) is 0 Å². The van der Waals surface area contributed by atoms with Crippen molar-refractivity contribution in [1.29, 1.82) is 0 Å². The summed E-state index contributed by atoms with van der Waals surface area (Å²) in [5.74, 6) is -0.167. The number of benzene rings is 1. The summed E-state index contributed by atoms with van der Waals surface area (Å²) in [4.78, 5) is 0. The molecule has 0 aromatic heterocycles. The Morgan fingerprint density at radius 3 is 2.10 bits per heavy atom. The molecule has 0 bridgehead atoms. The number of nitrogens with one attached hydrogen (secondary N) is 1. The monoisotopic (exact) mass is 295 g/mol. The van der Waals surface area contributed by atoms with Gasteiger partial charge in [-0.2, -0.15) is 0 Å². The van der Waals surface area contributed by atoms with E-state index in [2.05, 4.69) is 26.1 Å². The lowest BCUT2D eigenvalue weighted by Crippen LogP contribution is -2.37. The third kappa shape index (κ3) is 5.06. The van der Waals surface area contributed by atoms with Crippen LogP contribution in [0.2, 0.25) is 0 Å². The van der Waals surface area contributed by atoms with E-state index in [1.54, 1.807) is 0 Å². The third-order valence-corrected chi connectivity index (χ3v) is 4.72. The molecule has 0 heterocycles. The molecule has 3 heteroatoms. The van der Waals surface area contributed by atoms with Gasteiger partial charge in [-0.05, 0) is 67.7 Å². The van der Waals surface area contributed by atoms with Gasteiger partial charge in [-0.15, -0.1) is 0 Å². The van der Waals surface area contributed by atoms with Crippen LogP contribution in [0.4, 0.5) is 8.78 Å². The van der Waals surface area contributed by atoms with Gasteiger partial charge in [-0.3, -0.25) is 0 Å². The minimum absolute atomic E-state index is 0.407. The number of rotatable bonds is 4. The van der Waals surface area contributed by atoms with Crippen LogP contribution in [-0.2, 0) is 6.42 Å². The highest BCUT2D eigenvalue weighted by molar-refractivity contribution is 5.18. The van der Waals surface area contributed by atoms with Crippen molar-refractivity contribution in [2.75, 3.05) is 6.54 Å². The normalized spacial score (nSPS) is 23.3. The predicted molar refractivity (Wildman–Crippen MR) is 83.3 cm³/mol. The van der Waals surface area contributed by atoms with Crippen LogP contribution in [0, 0.1) is 23.0 Å². The number of halogens is 2. The average Bonchev–Trinajstić information content (AvgIpc) is 2.37. The minimum Gasteiger partial charge on any atom is -0.314 e. The maximum Gasteiger partial charge on any atom is 0.126 e. The summed E-state index contributed by atoms with van der Waals surface area (Å²) < 4.78 is 26.2. The molecule has 0 radical (unpaired) electrons.